The smallest absolute Gasteiger partial charge is 0.238 e. The molecule has 0 bridgehead atoms. The normalized spacial score (nSPS) is 12.2. The summed E-state index contributed by atoms with van der Waals surface area (Å²) in [6, 6.07) is 13.2. The van der Waals surface area contributed by atoms with Crippen LogP contribution < -0.4 is 20.1 Å². The van der Waals surface area contributed by atoms with Gasteiger partial charge < -0.3 is 20.1 Å². The number of rotatable bonds is 5. The number of carbonyl (C=O) groups is 1. The Kier molecular flexibility index (Phi) is 4.60. The van der Waals surface area contributed by atoms with Crippen molar-refractivity contribution in [2.45, 2.75) is 6.54 Å². The molecule has 0 radical (unpaired) electrons. The van der Waals surface area contributed by atoms with Gasteiger partial charge in [0.1, 0.15) is 0 Å². The van der Waals surface area contributed by atoms with E-state index in [9.17, 15) is 4.79 Å². The Balaban J connectivity index is 1.46. The molecule has 0 saturated heterocycles. The van der Waals surface area contributed by atoms with Crippen LogP contribution in [0.3, 0.4) is 0 Å². The summed E-state index contributed by atoms with van der Waals surface area (Å²) in [7, 11) is 0. The lowest BCUT2D eigenvalue weighted by Gasteiger charge is -2.07. The van der Waals surface area contributed by atoms with E-state index in [2.05, 4.69) is 26.6 Å². The van der Waals surface area contributed by atoms with Crippen molar-refractivity contribution in [3.05, 3.63) is 52.5 Å². The molecule has 0 fully saturated rings. The van der Waals surface area contributed by atoms with Gasteiger partial charge in [0.15, 0.2) is 11.5 Å². The van der Waals surface area contributed by atoms with Crippen LogP contribution in [-0.2, 0) is 11.3 Å². The van der Waals surface area contributed by atoms with Gasteiger partial charge in [-0.25, -0.2) is 0 Å². The lowest BCUT2D eigenvalue weighted by Crippen LogP contribution is -2.27. The van der Waals surface area contributed by atoms with Gasteiger partial charge in [0.2, 0.25) is 12.7 Å². The summed E-state index contributed by atoms with van der Waals surface area (Å²) in [6.07, 6.45) is 0. The maximum absolute atomic E-state index is 11.8. The second-order valence-corrected chi connectivity index (χ2v) is 5.76. The van der Waals surface area contributed by atoms with Gasteiger partial charge >= 0.3 is 0 Å². The molecule has 0 saturated carbocycles. The van der Waals surface area contributed by atoms with E-state index in [1.54, 1.807) is 0 Å². The van der Waals surface area contributed by atoms with Crippen molar-refractivity contribution in [3.63, 3.8) is 0 Å². The molecule has 1 aliphatic rings. The fourth-order valence-corrected chi connectivity index (χ4v) is 2.37. The van der Waals surface area contributed by atoms with Crippen molar-refractivity contribution in [1.82, 2.24) is 5.32 Å². The van der Waals surface area contributed by atoms with Crippen LogP contribution in [-0.4, -0.2) is 19.2 Å². The van der Waals surface area contributed by atoms with Crippen LogP contribution in [0.4, 0.5) is 5.69 Å². The number of benzene rings is 2. The topological polar surface area (TPSA) is 59.6 Å². The first-order valence-corrected chi connectivity index (χ1v) is 7.65. The second kappa shape index (κ2) is 6.81. The highest BCUT2D eigenvalue weighted by molar-refractivity contribution is 9.10. The van der Waals surface area contributed by atoms with E-state index in [0.29, 0.717) is 6.54 Å². The molecule has 22 heavy (non-hydrogen) atoms. The number of nitrogens with one attached hydrogen (secondary N) is 2. The molecule has 0 aliphatic carbocycles. The first-order valence-electron chi connectivity index (χ1n) is 6.85. The summed E-state index contributed by atoms with van der Waals surface area (Å²) in [5.41, 5.74) is 1.82. The molecule has 2 N–H and O–H groups in total. The molecule has 6 heteroatoms. The zero-order chi connectivity index (χ0) is 15.4. The van der Waals surface area contributed by atoms with Crippen molar-refractivity contribution in [2.24, 2.45) is 0 Å². The first kappa shape index (κ1) is 14.9. The Morgan fingerprint density at radius 3 is 2.68 bits per heavy atom. The Morgan fingerprint density at radius 1 is 1.09 bits per heavy atom. The average molecular weight is 363 g/mol. The largest absolute Gasteiger partial charge is 0.454 e. The Hall–Kier alpha value is -2.05. The van der Waals surface area contributed by atoms with Crippen molar-refractivity contribution in [3.8, 4) is 11.5 Å². The van der Waals surface area contributed by atoms with E-state index >= 15 is 0 Å². The lowest BCUT2D eigenvalue weighted by atomic mass is 10.2. The van der Waals surface area contributed by atoms with Gasteiger partial charge in [-0.05, 0) is 42.0 Å². The molecule has 0 unspecified atom stereocenters. The minimum atomic E-state index is -0.0805. The minimum Gasteiger partial charge on any atom is -0.454 e. The van der Waals surface area contributed by atoms with Crippen LogP contribution >= 0.6 is 15.9 Å². The molecule has 5 nitrogen and oxygen atoms in total. The summed E-state index contributed by atoms with van der Waals surface area (Å²) in [5, 5.41) is 5.94. The minimum absolute atomic E-state index is 0.0805. The van der Waals surface area contributed by atoms with Gasteiger partial charge in [-0.15, -0.1) is 0 Å². The molecular weight excluding hydrogens is 348 g/mol. The number of fused-ring (bicyclic) bond motifs is 1. The van der Waals surface area contributed by atoms with Gasteiger partial charge in [0.25, 0.3) is 0 Å². The third-order valence-electron chi connectivity index (χ3n) is 3.18. The zero-order valence-corrected chi connectivity index (χ0v) is 13.4. The van der Waals surface area contributed by atoms with E-state index in [0.717, 1.165) is 27.2 Å². The molecule has 1 heterocycles. The molecule has 0 atom stereocenters. The average Bonchev–Trinajstić information content (AvgIpc) is 2.97. The molecule has 0 aromatic heterocycles. The van der Waals surface area contributed by atoms with E-state index in [1.807, 2.05) is 42.5 Å². The van der Waals surface area contributed by atoms with Gasteiger partial charge in [-0.1, -0.05) is 22.0 Å². The zero-order valence-electron chi connectivity index (χ0n) is 11.8. The van der Waals surface area contributed by atoms with Gasteiger partial charge in [0, 0.05) is 16.7 Å². The first-order chi connectivity index (χ1) is 10.7. The number of ether oxygens (including phenoxy) is 2. The SMILES string of the molecule is O=C(CNCc1ccc2c(c1)OCO2)Nc1ccc(Br)cc1. The second-order valence-electron chi connectivity index (χ2n) is 4.85. The summed E-state index contributed by atoms with van der Waals surface area (Å²) in [4.78, 5) is 11.8. The van der Waals surface area contributed by atoms with Crippen molar-refractivity contribution < 1.29 is 14.3 Å². The van der Waals surface area contributed by atoms with Crippen LogP contribution in [0.1, 0.15) is 5.56 Å². The van der Waals surface area contributed by atoms with Crippen molar-refractivity contribution in [2.75, 3.05) is 18.7 Å². The highest BCUT2D eigenvalue weighted by Crippen LogP contribution is 2.32. The highest BCUT2D eigenvalue weighted by Gasteiger charge is 2.13. The van der Waals surface area contributed by atoms with Gasteiger partial charge in [-0.2, -0.15) is 0 Å². The molecule has 2 aromatic carbocycles. The van der Waals surface area contributed by atoms with E-state index < -0.39 is 0 Å². The Labute approximate surface area is 136 Å². The monoisotopic (exact) mass is 362 g/mol. The summed E-state index contributed by atoms with van der Waals surface area (Å²) in [6.45, 7) is 1.09. The van der Waals surface area contributed by atoms with Crippen LogP contribution in [0.2, 0.25) is 0 Å². The molecule has 1 amide bonds. The Morgan fingerprint density at radius 2 is 1.86 bits per heavy atom. The van der Waals surface area contributed by atoms with Crippen LogP contribution in [0.15, 0.2) is 46.9 Å². The number of carbonyl (C=O) groups excluding carboxylic acids is 1. The van der Waals surface area contributed by atoms with Crippen molar-refractivity contribution >= 4 is 27.5 Å². The van der Waals surface area contributed by atoms with Crippen LogP contribution in [0.5, 0.6) is 11.5 Å². The van der Waals surface area contributed by atoms with Gasteiger partial charge in [0.05, 0.1) is 6.54 Å². The molecule has 2 aromatic rings. The third-order valence-corrected chi connectivity index (χ3v) is 3.71. The van der Waals surface area contributed by atoms with Crippen molar-refractivity contribution in [1.29, 1.82) is 0 Å². The summed E-state index contributed by atoms with van der Waals surface area (Å²) < 4.78 is 11.6. The molecule has 3 rings (SSSR count). The maximum atomic E-state index is 11.8. The number of hydrogen-bond donors (Lipinski definition) is 2. The van der Waals surface area contributed by atoms with Crippen LogP contribution in [0.25, 0.3) is 0 Å². The Bertz CT molecular complexity index is 674. The highest BCUT2D eigenvalue weighted by atomic mass is 79.9. The van der Waals surface area contributed by atoms with E-state index in [4.69, 9.17) is 9.47 Å². The fourth-order valence-electron chi connectivity index (χ4n) is 2.11. The molecule has 1 aliphatic heterocycles. The fraction of sp³-hybridized carbons (Fsp3) is 0.188. The standard InChI is InChI=1S/C16H15BrN2O3/c17-12-2-4-13(5-3-12)19-16(20)9-18-8-11-1-6-14-15(7-11)22-10-21-14/h1-7,18H,8-10H2,(H,19,20). The van der Waals surface area contributed by atoms with Gasteiger partial charge in [-0.3, -0.25) is 4.79 Å². The quantitative estimate of drug-likeness (QED) is 0.858. The van der Waals surface area contributed by atoms with E-state index in [-0.39, 0.29) is 19.2 Å². The van der Waals surface area contributed by atoms with Crippen LogP contribution in [0, 0.1) is 0 Å². The number of anilines is 1. The van der Waals surface area contributed by atoms with E-state index in [1.165, 1.54) is 0 Å². The lowest BCUT2D eigenvalue weighted by molar-refractivity contribution is -0.115. The summed E-state index contributed by atoms with van der Waals surface area (Å²) >= 11 is 3.36. The number of halogens is 1. The number of hydrogen-bond acceptors (Lipinski definition) is 4. The predicted octanol–water partition coefficient (Wildman–Crippen LogP) is 2.91. The third kappa shape index (κ3) is 3.78. The summed E-state index contributed by atoms with van der Waals surface area (Å²) in [5.74, 6) is 1.43. The molecular formula is C16H15BrN2O3. The molecule has 0 spiro atoms. The number of amides is 1. The molecule has 114 valence electrons. The predicted molar refractivity (Wildman–Crippen MR) is 87.0 cm³/mol. The maximum Gasteiger partial charge on any atom is 0.238 e.